The van der Waals surface area contributed by atoms with Crippen molar-refractivity contribution in [3.63, 3.8) is 0 Å². The van der Waals surface area contributed by atoms with Crippen LogP contribution in [0.3, 0.4) is 0 Å². The Hall–Kier alpha value is -1.88. The van der Waals surface area contributed by atoms with Gasteiger partial charge in [-0.3, -0.25) is 0 Å². The summed E-state index contributed by atoms with van der Waals surface area (Å²) in [7, 11) is 0. The fourth-order valence-corrected chi connectivity index (χ4v) is 2.45. The Bertz CT molecular complexity index is 627. The Balaban J connectivity index is 1.86. The minimum absolute atomic E-state index is 0.752. The first kappa shape index (κ1) is 10.3. The van der Waals surface area contributed by atoms with Gasteiger partial charge in [0.1, 0.15) is 0 Å². The van der Waals surface area contributed by atoms with E-state index in [-0.39, 0.29) is 0 Å². The fourth-order valence-electron chi connectivity index (χ4n) is 1.86. The van der Waals surface area contributed by atoms with Gasteiger partial charge in [-0.1, -0.05) is 0 Å². The number of hydrogen-bond donors (Lipinski definition) is 1. The van der Waals surface area contributed by atoms with Crippen LogP contribution in [-0.2, 0) is 13.0 Å². The van der Waals surface area contributed by atoms with Crippen molar-refractivity contribution in [2.75, 3.05) is 5.73 Å². The van der Waals surface area contributed by atoms with E-state index in [2.05, 4.69) is 19.9 Å². The minimum Gasteiger partial charge on any atom is -0.399 e. The monoisotopic (exact) mass is 244 g/mol. The number of nitrogen functional groups attached to an aromatic ring is 1. The zero-order valence-electron chi connectivity index (χ0n) is 9.21. The second-order valence-corrected chi connectivity index (χ2v) is 4.63. The van der Waals surface area contributed by atoms with Crippen molar-refractivity contribution >= 4 is 28.1 Å². The molecule has 0 radical (unpaired) electrons. The molecule has 86 valence electrons. The van der Waals surface area contributed by atoms with Gasteiger partial charge >= 0.3 is 0 Å². The molecule has 17 heavy (non-hydrogen) atoms. The summed E-state index contributed by atoms with van der Waals surface area (Å²) in [6.07, 6.45) is 2.79. The van der Waals surface area contributed by atoms with Crippen LogP contribution < -0.4 is 5.73 Å². The summed E-state index contributed by atoms with van der Waals surface area (Å²) < 4.78 is 2.13. The molecular weight excluding hydrogens is 232 g/mol. The van der Waals surface area contributed by atoms with Crippen LogP contribution in [0.2, 0.25) is 0 Å². The predicted molar refractivity (Wildman–Crippen MR) is 70.0 cm³/mol. The number of imidazole rings is 1. The van der Waals surface area contributed by atoms with Gasteiger partial charge in [-0.25, -0.2) is 9.97 Å². The maximum absolute atomic E-state index is 5.73. The van der Waals surface area contributed by atoms with E-state index in [1.807, 2.05) is 30.0 Å². The van der Waals surface area contributed by atoms with E-state index in [4.69, 9.17) is 5.73 Å². The van der Waals surface area contributed by atoms with E-state index in [9.17, 15) is 0 Å². The first-order valence-electron chi connectivity index (χ1n) is 5.40. The van der Waals surface area contributed by atoms with E-state index < -0.39 is 0 Å². The fraction of sp³-hybridized carbons (Fsp3) is 0.167. The van der Waals surface area contributed by atoms with E-state index in [0.29, 0.717) is 0 Å². The van der Waals surface area contributed by atoms with Crippen LogP contribution in [0.25, 0.3) is 11.0 Å². The molecule has 0 unspecified atom stereocenters. The van der Waals surface area contributed by atoms with Gasteiger partial charge in [-0.15, -0.1) is 11.3 Å². The molecule has 2 aromatic heterocycles. The average Bonchev–Trinajstić information content (AvgIpc) is 2.94. The molecule has 2 heterocycles. The Morgan fingerprint density at radius 1 is 1.29 bits per heavy atom. The van der Waals surface area contributed by atoms with Gasteiger partial charge < -0.3 is 10.3 Å². The summed E-state index contributed by atoms with van der Waals surface area (Å²) in [6.45, 7) is 0.893. The SMILES string of the molecule is Nc1ccc2c(c1)ncn2CCc1cscn1. The molecule has 0 bridgehead atoms. The van der Waals surface area contributed by atoms with Gasteiger partial charge in [0.2, 0.25) is 0 Å². The van der Waals surface area contributed by atoms with E-state index in [0.717, 1.165) is 35.4 Å². The lowest BCUT2D eigenvalue weighted by atomic mass is 10.2. The summed E-state index contributed by atoms with van der Waals surface area (Å²) in [5, 5.41) is 2.08. The maximum Gasteiger partial charge on any atom is 0.0958 e. The Labute approximate surface area is 103 Å². The molecule has 0 atom stereocenters. The van der Waals surface area contributed by atoms with E-state index in [1.165, 1.54) is 0 Å². The molecule has 0 aliphatic rings. The molecule has 5 heteroatoms. The molecule has 2 N–H and O–H groups in total. The van der Waals surface area contributed by atoms with Crippen molar-refractivity contribution in [3.8, 4) is 0 Å². The number of aryl methyl sites for hydroxylation is 2. The van der Waals surface area contributed by atoms with Gasteiger partial charge in [0.05, 0.1) is 28.6 Å². The maximum atomic E-state index is 5.73. The zero-order chi connectivity index (χ0) is 11.7. The third kappa shape index (κ3) is 2.01. The van der Waals surface area contributed by atoms with Crippen molar-refractivity contribution in [3.05, 3.63) is 41.1 Å². The zero-order valence-corrected chi connectivity index (χ0v) is 10.0. The molecule has 1 aromatic carbocycles. The minimum atomic E-state index is 0.752. The second kappa shape index (κ2) is 4.18. The molecule has 0 saturated carbocycles. The molecule has 0 aliphatic carbocycles. The number of nitrogens with two attached hydrogens (primary N) is 1. The highest BCUT2D eigenvalue weighted by Gasteiger charge is 2.03. The normalized spacial score (nSPS) is 11.1. The summed E-state index contributed by atoms with van der Waals surface area (Å²) in [6, 6.07) is 5.82. The van der Waals surface area contributed by atoms with Crippen molar-refractivity contribution in [1.29, 1.82) is 0 Å². The second-order valence-electron chi connectivity index (χ2n) is 3.92. The molecule has 0 fully saturated rings. The van der Waals surface area contributed by atoms with Crippen LogP contribution in [0, 0.1) is 0 Å². The van der Waals surface area contributed by atoms with Crippen LogP contribution in [0.4, 0.5) is 5.69 Å². The molecule has 0 spiro atoms. The largest absolute Gasteiger partial charge is 0.399 e. The molecule has 0 amide bonds. The van der Waals surface area contributed by atoms with Crippen molar-refractivity contribution in [2.24, 2.45) is 0 Å². The molecule has 0 aliphatic heterocycles. The highest BCUT2D eigenvalue weighted by molar-refractivity contribution is 7.07. The van der Waals surface area contributed by atoms with Crippen LogP contribution in [0.5, 0.6) is 0 Å². The smallest absolute Gasteiger partial charge is 0.0958 e. The molecule has 0 saturated heterocycles. The van der Waals surface area contributed by atoms with Gasteiger partial charge in [-0.2, -0.15) is 0 Å². The lowest BCUT2D eigenvalue weighted by Crippen LogP contribution is -1.99. The third-order valence-corrected chi connectivity index (χ3v) is 3.37. The number of nitrogens with zero attached hydrogens (tertiary/aromatic N) is 3. The average molecular weight is 244 g/mol. The summed E-state index contributed by atoms with van der Waals surface area (Å²) in [5.74, 6) is 0. The summed E-state index contributed by atoms with van der Waals surface area (Å²) in [5.41, 5.74) is 11.5. The number of fused-ring (bicyclic) bond motifs is 1. The molecular formula is C12H12N4S. The summed E-state index contributed by atoms with van der Waals surface area (Å²) >= 11 is 1.63. The van der Waals surface area contributed by atoms with Gasteiger partial charge in [-0.05, 0) is 18.2 Å². The predicted octanol–water partition coefficient (Wildman–Crippen LogP) is 2.32. The lowest BCUT2D eigenvalue weighted by Gasteiger charge is -2.02. The standard InChI is InChI=1S/C12H12N4S/c13-9-1-2-12-11(5-9)14-7-16(12)4-3-10-6-17-8-15-10/h1-2,5-8H,3-4,13H2. The van der Waals surface area contributed by atoms with Gasteiger partial charge in [0, 0.05) is 24.0 Å². The van der Waals surface area contributed by atoms with E-state index >= 15 is 0 Å². The van der Waals surface area contributed by atoms with Gasteiger partial charge in [0.25, 0.3) is 0 Å². The first-order valence-corrected chi connectivity index (χ1v) is 6.34. The van der Waals surface area contributed by atoms with Crippen LogP contribution in [0.1, 0.15) is 5.69 Å². The third-order valence-electron chi connectivity index (χ3n) is 2.74. The Morgan fingerprint density at radius 2 is 2.24 bits per heavy atom. The summed E-state index contributed by atoms with van der Waals surface area (Å²) in [4.78, 5) is 8.62. The number of benzene rings is 1. The number of rotatable bonds is 3. The quantitative estimate of drug-likeness (QED) is 0.719. The molecule has 3 aromatic rings. The van der Waals surface area contributed by atoms with Crippen molar-refractivity contribution in [2.45, 2.75) is 13.0 Å². The lowest BCUT2D eigenvalue weighted by molar-refractivity contribution is 0.706. The van der Waals surface area contributed by atoms with Crippen LogP contribution >= 0.6 is 11.3 Å². The highest BCUT2D eigenvalue weighted by atomic mass is 32.1. The number of thiazole rings is 1. The van der Waals surface area contributed by atoms with Gasteiger partial charge in [0.15, 0.2) is 0 Å². The molecule has 4 nitrogen and oxygen atoms in total. The topological polar surface area (TPSA) is 56.7 Å². The molecule has 3 rings (SSSR count). The highest BCUT2D eigenvalue weighted by Crippen LogP contribution is 2.16. The first-order chi connectivity index (χ1) is 8.33. The number of aromatic nitrogens is 3. The Kier molecular flexibility index (Phi) is 2.53. The Morgan fingerprint density at radius 3 is 3.06 bits per heavy atom. The number of hydrogen-bond acceptors (Lipinski definition) is 4. The van der Waals surface area contributed by atoms with E-state index in [1.54, 1.807) is 11.3 Å². The van der Waals surface area contributed by atoms with Crippen LogP contribution in [0.15, 0.2) is 35.4 Å². The van der Waals surface area contributed by atoms with Crippen LogP contribution in [-0.4, -0.2) is 14.5 Å². The number of anilines is 1. The van der Waals surface area contributed by atoms with Crippen molar-refractivity contribution in [1.82, 2.24) is 14.5 Å². The van der Waals surface area contributed by atoms with Crippen molar-refractivity contribution < 1.29 is 0 Å².